The van der Waals surface area contributed by atoms with Crippen LogP contribution in [0.5, 0.6) is 0 Å². The Morgan fingerprint density at radius 1 is 1.06 bits per heavy atom. The van der Waals surface area contributed by atoms with Crippen LogP contribution in [0, 0.1) is 46.3 Å². The first kappa shape index (κ1) is 24.7. The normalized spacial score (nSPS) is 42.7. The largest absolute Gasteiger partial charge is 0.397 e. The highest BCUT2D eigenvalue weighted by Gasteiger charge is 2.59. The standard InChI is InChI=1S/C27H46O4S/c1-18(2)7-6-8-19(3)23-11-12-24-22-10-9-20-17-21(31-32(28,29)30)13-15-26(20,4)25(22)14-16-27(23,24)5/h9,18-19,21-25H,6-8,10-17H2,1-5H3,(H,28,29,30)/t19-,21-,22-,23+,24+,25+,26-,27+/m0/s1. The zero-order chi connectivity index (χ0) is 23.3. The van der Waals surface area contributed by atoms with Gasteiger partial charge in [0.25, 0.3) is 0 Å². The van der Waals surface area contributed by atoms with Gasteiger partial charge in [0.05, 0.1) is 6.10 Å². The molecule has 0 aliphatic heterocycles. The summed E-state index contributed by atoms with van der Waals surface area (Å²) >= 11 is 0. The second kappa shape index (κ2) is 9.00. The fraction of sp³-hybridized carbons (Fsp3) is 0.926. The van der Waals surface area contributed by atoms with Crippen molar-refractivity contribution in [3.63, 3.8) is 0 Å². The minimum Gasteiger partial charge on any atom is -0.264 e. The lowest BCUT2D eigenvalue weighted by Crippen LogP contribution is -2.51. The van der Waals surface area contributed by atoms with Crippen molar-refractivity contribution in [1.29, 1.82) is 0 Å². The summed E-state index contributed by atoms with van der Waals surface area (Å²) in [5.41, 5.74) is 2.05. The lowest BCUT2D eigenvalue weighted by atomic mass is 9.47. The molecule has 1 N–H and O–H groups in total. The predicted molar refractivity (Wildman–Crippen MR) is 129 cm³/mol. The van der Waals surface area contributed by atoms with Gasteiger partial charge in [-0.05, 0) is 97.7 Å². The third kappa shape index (κ3) is 4.60. The maximum atomic E-state index is 11.2. The molecule has 4 aliphatic carbocycles. The highest BCUT2D eigenvalue weighted by molar-refractivity contribution is 7.80. The predicted octanol–water partition coefficient (Wildman–Crippen LogP) is 7.22. The molecule has 3 fully saturated rings. The van der Waals surface area contributed by atoms with Crippen molar-refractivity contribution in [3.8, 4) is 0 Å². The van der Waals surface area contributed by atoms with Crippen LogP contribution >= 0.6 is 0 Å². The average molecular weight is 467 g/mol. The van der Waals surface area contributed by atoms with Crippen LogP contribution in [0.15, 0.2) is 11.6 Å². The summed E-state index contributed by atoms with van der Waals surface area (Å²) in [6.45, 7) is 12.3. The van der Waals surface area contributed by atoms with Gasteiger partial charge < -0.3 is 0 Å². The molecule has 184 valence electrons. The quantitative estimate of drug-likeness (QED) is 0.318. The van der Waals surface area contributed by atoms with Gasteiger partial charge in [0.2, 0.25) is 0 Å². The van der Waals surface area contributed by atoms with Crippen molar-refractivity contribution in [2.45, 2.75) is 111 Å². The molecule has 8 atom stereocenters. The molecule has 4 nitrogen and oxygen atoms in total. The Bertz CT molecular complexity index is 818. The van der Waals surface area contributed by atoms with Gasteiger partial charge in [-0.15, -0.1) is 0 Å². The van der Waals surface area contributed by atoms with Gasteiger partial charge in [-0.1, -0.05) is 65.5 Å². The summed E-state index contributed by atoms with van der Waals surface area (Å²) in [7, 11) is -4.38. The van der Waals surface area contributed by atoms with E-state index in [1.54, 1.807) is 0 Å². The molecule has 4 rings (SSSR count). The summed E-state index contributed by atoms with van der Waals surface area (Å²) < 4.78 is 36.6. The second-order valence-electron chi connectivity index (χ2n) is 12.7. The first-order valence-corrected chi connectivity index (χ1v) is 14.7. The van der Waals surface area contributed by atoms with E-state index >= 15 is 0 Å². The fourth-order valence-corrected chi connectivity index (χ4v) is 9.41. The molecule has 32 heavy (non-hydrogen) atoms. The molecule has 0 heterocycles. The Hall–Kier alpha value is -0.390. The van der Waals surface area contributed by atoms with E-state index in [0.29, 0.717) is 24.2 Å². The van der Waals surface area contributed by atoms with Crippen LogP contribution in [0.25, 0.3) is 0 Å². The van der Waals surface area contributed by atoms with E-state index in [-0.39, 0.29) is 5.41 Å². The summed E-state index contributed by atoms with van der Waals surface area (Å²) in [6.07, 6.45) is 15.1. The third-order valence-corrected chi connectivity index (χ3v) is 11.0. The maximum absolute atomic E-state index is 11.2. The van der Waals surface area contributed by atoms with Crippen molar-refractivity contribution >= 4 is 10.4 Å². The van der Waals surface area contributed by atoms with Gasteiger partial charge >= 0.3 is 10.4 Å². The van der Waals surface area contributed by atoms with Gasteiger partial charge in [0, 0.05) is 0 Å². The molecule has 0 aromatic heterocycles. The van der Waals surface area contributed by atoms with Crippen molar-refractivity contribution in [2.24, 2.45) is 46.3 Å². The summed E-state index contributed by atoms with van der Waals surface area (Å²) in [5.74, 6) is 4.83. The third-order valence-electron chi connectivity index (χ3n) is 10.5. The van der Waals surface area contributed by atoms with E-state index < -0.39 is 16.5 Å². The van der Waals surface area contributed by atoms with Crippen LogP contribution < -0.4 is 0 Å². The summed E-state index contributed by atoms with van der Waals surface area (Å²) in [4.78, 5) is 0. The van der Waals surface area contributed by atoms with Gasteiger partial charge in [-0.25, -0.2) is 4.18 Å². The van der Waals surface area contributed by atoms with E-state index in [1.807, 2.05) is 0 Å². The first-order valence-electron chi connectivity index (χ1n) is 13.3. The summed E-state index contributed by atoms with van der Waals surface area (Å²) in [6, 6.07) is 0. The molecule has 0 amide bonds. The maximum Gasteiger partial charge on any atom is 0.397 e. The zero-order valence-electron chi connectivity index (χ0n) is 21.0. The molecule has 0 spiro atoms. The van der Waals surface area contributed by atoms with E-state index in [9.17, 15) is 8.42 Å². The van der Waals surface area contributed by atoms with E-state index in [4.69, 9.17) is 8.74 Å². The first-order chi connectivity index (χ1) is 14.9. The molecular weight excluding hydrogens is 420 g/mol. The monoisotopic (exact) mass is 466 g/mol. The molecule has 0 unspecified atom stereocenters. The Morgan fingerprint density at radius 2 is 1.81 bits per heavy atom. The SMILES string of the molecule is CC(C)CCC[C@H](C)[C@H]1CC[C@@H]2[C@@H]3CC=C4C[C@@H](OS(=O)(=O)O)CC[C@]4(C)[C@@H]3CC[C@@]21C. The number of rotatable bonds is 7. The molecule has 0 aromatic carbocycles. The molecule has 0 aromatic rings. The van der Waals surface area contributed by atoms with Crippen molar-refractivity contribution in [2.75, 3.05) is 0 Å². The second-order valence-corrected chi connectivity index (χ2v) is 13.7. The molecule has 5 heteroatoms. The van der Waals surface area contributed by atoms with Crippen LogP contribution in [-0.4, -0.2) is 19.1 Å². The van der Waals surface area contributed by atoms with Crippen molar-refractivity contribution in [1.82, 2.24) is 0 Å². The lowest BCUT2D eigenvalue weighted by Gasteiger charge is -2.58. The highest BCUT2D eigenvalue weighted by Crippen LogP contribution is 2.67. The number of allylic oxidation sites excluding steroid dienone is 1. The number of hydrogen-bond acceptors (Lipinski definition) is 3. The van der Waals surface area contributed by atoms with Crippen LogP contribution in [0.4, 0.5) is 0 Å². The Morgan fingerprint density at radius 3 is 2.50 bits per heavy atom. The number of hydrogen-bond donors (Lipinski definition) is 1. The van der Waals surface area contributed by atoms with Gasteiger partial charge in [-0.2, -0.15) is 8.42 Å². The molecule has 0 radical (unpaired) electrons. The Kier molecular flexibility index (Phi) is 6.95. The molecule has 0 saturated heterocycles. The van der Waals surface area contributed by atoms with E-state index in [1.165, 1.54) is 50.5 Å². The van der Waals surface area contributed by atoms with Crippen molar-refractivity contribution in [3.05, 3.63) is 11.6 Å². The highest BCUT2D eigenvalue weighted by atomic mass is 32.3. The van der Waals surface area contributed by atoms with Crippen LogP contribution in [0.3, 0.4) is 0 Å². The molecule has 3 saturated carbocycles. The zero-order valence-corrected chi connectivity index (χ0v) is 21.8. The topological polar surface area (TPSA) is 63.6 Å². The number of fused-ring (bicyclic) bond motifs is 5. The van der Waals surface area contributed by atoms with E-state index in [2.05, 4.69) is 40.7 Å². The van der Waals surface area contributed by atoms with Gasteiger partial charge in [0.1, 0.15) is 0 Å². The van der Waals surface area contributed by atoms with Gasteiger partial charge in [-0.3, -0.25) is 4.55 Å². The summed E-state index contributed by atoms with van der Waals surface area (Å²) in [5, 5.41) is 0. The molecular formula is C27H46O4S. The molecule has 4 aliphatic rings. The van der Waals surface area contributed by atoms with Crippen LogP contribution in [-0.2, 0) is 14.6 Å². The fourth-order valence-electron chi connectivity index (χ4n) is 8.91. The van der Waals surface area contributed by atoms with Crippen LogP contribution in [0.2, 0.25) is 0 Å². The Labute approximate surface area is 196 Å². The average Bonchev–Trinajstić information content (AvgIpc) is 3.04. The molecule has 0 bridgehead atoms. The lowest BCUT2D eigenvalue weighted by molar-refractivity contribution is -0.0560. The minimum absolute atomic E-state index is 0.171. The van der Waals surface area contributed by atoms with Crippen molar-refractivity contribution < 1.29 is 17.2 Å². The van der Waals surface area contributed by atoms with Gasteiger partial charge in [0.15, 0.2) is 0 Å². The Balaban J connectivity index is 1.47. The minimum atomic E-state index is -4.38. The smallest absolute Gasteiger partial charge is 0.264 e. The van der Waals surface area contributed by atoms with Crippen LogP contribution in [0.1, 0.15) is 105 Å². The van der Waals surface area contributed by atoms with E-state index in [0.717, 1.165) is 42.4 Å².